The molecule has 1 aliphatic rings. The van der Waals surface area contributed by atoms with Crippen LogP contribution in [0.15, 0.2) is 54.7 Å². The van der Waals surface area contributed by atoms with Gasteiger partial charge in [-0.1, -0.05) is 41.4 Å². The molecule has 3 aromatic rings. The van der Waals surface area contributed by atoms with Gasteiger partial charge in [-0.2, -0.15) is 0 Å². The summed E-state index contributed by atoms with van der Waals surface area (Å²) in [6.45, 7) is 1.29. The Labute approximate surface area is 224 Å². The van der Waals surface area contributed by atoms with Crippen LogP contribution in [-0.4, -0.2) is 42.5 Å². The molecule has 2 aromatic carbocycles. The number of aryl methyl sites for hydroxylation is 1. The summed E-state index contributed by atoms with van der Waals surface area (Å²) < 4.78 is 4.86. The summed E-state index contributed by atoms with van der Waals surface area (Å²) in [6.07, 6.45) is 3.94. The van der Waals surface area contributed by atoms with Gasteiger partial charge in [-0.15, -0.1) is 0 Å². The van der Waals surface area contributed by atoms with Crippen LogP contribution in [0.5, 0.6) is 0 Å². The number of carbonyl (C=O) groups is 3. The van der Waals surface area contributed by atoms with Crippen LogP contribution in [0, 0.1) is 0 Å². The van der Waals surface area contributed by atoms with Gasteiger partial charge in [0.2, 0.25) is 0 Å². The molecule has 0 spiro atoms. The van der Waals surface area contributed by atoms with Crippen molar-refractivity contribution in [2.45, 2.75) is 31.8 Å². The zero-order valence-electron chi connectivity index (χ0n) is 20.1. The molecule has 2 heterocycles. The summed E-state index contributed by atoms with van der Waals surface area (Å²) >= 11 is 12.2. The maximum atomic E-state index is 12.8. The largest absolute Gasteiger partial charge is 0.467 e. The average molecular weight is 541 g/mol. The van der Waals surface area contributed by atoms with Gasteiger partial charge in [0, 0.05) is 31.3 Å². The molecule has 1 aromatic heterocycles. The lowest BCUT2D eigenvalue weighted by Gasteiger charge is -2.18. The smallest absolute Gasteiger partial charge is 0.328 e. The molecule has 37 heavy (non-hydrogen) atoms. The van der Waals surface area contributed by atoms with Crippen LogP contribution in [0.4, 0.5) is 5.82 Å². The first kappa shape index (κ1) is 26.4. The number of aromatic nitrogens is 1. The summed E-state index contributed by atoms with van der Waals surface area (Å²) in [5.74, 6) is -0.524. The van der Waals surface area contributed by atoms with Gasteiger partial charge in [-0.05, 0) is 59.9 Å². The van der Waals surface area contributed by atoms with E-state index < -0.39 is 17.9 Å². The molecule has 0 fully saturated rings. The van der Waals surface area contributed by atoms with Crippen molar-refractivity contribution in [2.75, 3.05) is 19.0 Å². The number of nitrogens with one attached hydrogen (secondary N) is 3. The van der Waals surface area contributed by atoms with E-state index >= 15 is 0 Å². The number of methoxy groups -OCH3 is 1. The van der Waals surface area contributed by atoms with E-state index in [0.29, 0.717) is 12.1 Å². The molecule has 192 valence electrons. The molecule has 0 radical (unpaired) electrons. The van der Waals surface area contributed by atoms with Crippen molar-refractivity contribution in [3.05, 3.63) is 92.6 Å². The Morgan fingerprint density at radius 3 is 2.49 bits per heavy atom. The third-order valence-electron chi connectivity index (χ3n) is 6.03. The van der Waals surface area contributed by atoms with Crippen LogP contribution >= 0.6 is 23.2 Å². The summed E-state index contributed by atoms with van der Waals surface area (Å²) in [5.41, 5.74) is 3.37. The van der Waals surface area contributed by atoms with Gasteiger partial charge in [0.1, 0.15) is 11.9 Å². The topological polar surface area (TPSA) is 109 Å². The number of fused-ring (bicyclic) bond motifs is 1. The lowest BCUT2D eigenvalue weighted by molar-refractivity contribution is -0.142. The van der Waals surface area contributed by atoms with Crippen molar-refractivity contribution in [1.29, 1.82) is 0 Å². The van der Waals surface area contributed by atoms with E-state index in [0.717, 1.165) is 41.9 Å². The maximum absolute atomic E-state index is 12.8. The fourth-order valence-electron chi connectivity index (χ4n) is 4.08. The normalized spacial score (nSPS) is 13.1. The highest BCUT2D eigenvalue weighted by Crippen LogP contribution is 2.24. The molecular formula is C27H26Cl2N4O4. The van der Waals surface area contributed by atoms with E-state index in [1.54, 1.807) is 48.7 Å². The lowest BCUT2D eigenvalue weighted by atomic mass is 10.0. The predicted molar refractivity (Wildman–Crippen MR) is 142 cm³/mol. The van der Waals surface area contributed by atoms with E-state index in [-0.39, 0.29) is 27.9 Å². The molecule has 0 aliphatic carbocycles. The Morgan fingerprint density at radius 2 is 1.78 bits per heavy atom. The quantitative estimate of drug-likeness (QED) is 0.369. The first-order valence-corrected chi connectivity index (χ1v) is 12.5. The minimum absolute atomic E-state index is 0.0807. The summed E-state index contributed by atoms with van der Waals surface area (Å²) in [5, 5.41) is 9.17. The molecule has 10 heteroatoms. The molecule has 0 saturated heterocycles. The van der Waals surface area contributed by atoms with E-state index in [1.165, 1.54) is 7.11 Å². The molecule has 8 nitrogen and oxygen atoms in total. The molecule has 1 aliphatic heterocycles. The number of ether oxygens (including phenoxy) is 1. The monoisotopic (exact) mass is 540 g/mol. The van der Waals surface area contributed by atoms with Crippen molar-refractivity contribution in [1.82, 2.24) is 15.6 Å². The third-order valence-corrected chi connectivity index (χ3v) is 6.66. The van der Waals surface area contributed by atoms with E-state index in [1.807, 2.05) is 0 Å². The highest BCUT2D eigenvalue weighted by molar-refractivity contribution is 6.39. The zero-order chi connectivity index (χ0) is 26.4. The van der Waals surface area contributed by atoms with E-state index in [4.69, 9.17) is 27.9 Å². The van der Waals surface area contributed by atoms with Gasteiger partial charge in [-0.3, -0.25) is 9.59 Å². The fraction of sp³-hybridized carbons (Fsp3) is 0.259. The van der Waals surface area contributed by atoms with Gasteiger partial charge in [0.15, 0.2) is 0 Å². The number of nitrogens with zero attached hydrogens (tertiary/aromatic N) is 1. The number of amides is 2. The first-order chi connectivity index (χ1) is 17.9. The van der Waals surface area contributed by atoms with Crippen LogP contribution in [0.1, 0.15) is 43.8 Å². The molecule has 0 unspecified atom stereocenters. The number of carbonyl (C=O) groups excluding carboxylic acids is 3. The Kier molecular flexibility index (Phi) is 8.63. The Balaban J connectivity index is 1.38. The molecular weight excluding hydrogens is 515 g/mol. The van der Waals surface area contributed by atoms with Crippen molar-refractivity contribution in [3.8, 4) is 0 Å². The lowest BCUT2D eigenvalue weighted by Crippen LogP contribution is -2.43. The number of hydrogen-bond acceptors (Lipinski definition) is 6. The average Bonchev–Trinajstić information content (AvgIpc) is 2.91. The van der Waals surface area contributed by atoms with E-state index in [9.17, 15) is 14.4 Å². The zero-order valence-corrected chi connectivity index (χ0v) is 21.7. The summed E-state index contributed by atoms with van der Waals surface area (Å²) in [4.78, 5) is 42.2. The van der Waals surface area contributed by atoms with Crippen molar-refractivity contribution in [2.24, 2.45) is 0 Å². The Morgan fingerprint density at radius 1 is 1.05 bits per heavy atom. The van der Waals surface area contributed by atoms with Crippen LogP contribution in [0.3, 0.4) is 0 Å². The number of hydrogen-bond donors (Lipinski definition) is 3. The SMILES string of the molecule is COC(=O)[C@H](Cc1ccc(C(=O)NCc2cnc3c(c2)CCCN3)cc1)NC(=O)c1c(Cl)cccc1Cl. The van der Waals surface area contributed by atoms with Crippen LogP contribution in [0.2, 0.25) is 10.0 Å². The second kappa shape index (κ2) is 12.1. The number of benzene rings is 2. The van der Waals surface area contributed by atoms with Crippen LogP contribution < -0.4 is 16.0 Å². The Bertz CT molecular complexity index is 1290. The maximum Gasteiger partial charge on any atom is 0.328 e. The number of anilines is 1. The van der Waals surface area contributed by atoms with Gasteiger partial charge in [0.05, 0.1) is 22.7 Å². The minimum Gasteiger partial charge on any atom is -0.467 e. The molecule has 2 amide bonds. The minimum atomic E-state index is -0.976. The van der Waals surface area contributed by atoms with Gasteiger partial charge in [0.25, 0.3) is 11.8 Å². The second-order valence-electron chi connectivity index (χ2n) is 8.61. The summed E-state index contributed by atoms with van der Waals surface area (Å²) in [6, 6.07) is 12.6. The van der Waals surface area contributed by atoms with Crippen molar-refractivity contribution in [3.63, 3.8) is 0 Å². The molecule has 0 saturated carbocycles. The highest BCUT2D eigenvalue weighted by atomic mass is 35.5. The predicted octanol–water partition coefficient (Wildman–Crippen LogP) is 4.19. The number of halogens is 2. The third kappa shape index (κ3) is 6.58. The summed E-state index contributed by atoms with van der Waals surface area (Å²) in [7, 11) is 1.24. The van der Waals surface area contributed by atoms with Crippen LogP contribution in [-0.2, 0) is 28.9 Å². The van der Waals surface area contributed by atoms with Crippen LogP contribution in [0.25, 0.3) is 0 Å². The molecule has 3 N–H and O–H groups in total. The second-order valence-corrected chi connectivity index (χ2v) is 9.43. The fourth-order valence-corrected chi connectivity index (χ4v) is 4.65. The van der Waals surface area contributed by atoms with Gasteiger partial charge in [-0.25, -0.2) is 9.78 Å². The molecule has 4 rings (SSSR count). The molecule has 0 bridgehead atoms. The number of pyridine rings is 1. The first-order valence-electron chi connectivity index (χ1n) is 11.8. The van der Waals surface area contributed by atoms with Gasteiger partial charge >= 0.3 is 5.97 Å². The van der Waals surface area contributed by atoms with Crippen molar-refractivity contribution >= 4 is 46.8 Å². The van der Waals surface area contributed by atoms with Crippen molar-refractivity contribution < 1.29 is 19.1 Å². The number of rotatable bonds is 8. The number of esters is 1. The standard InChI is InChI=1S/C27H26Cl2N4O4/c1-37-27(36)22(33-26(35)23-20(28)5-2-6-21(23)29)13-16-7-9-18(10-8-16)25(34)32-15-17-12-19-4-3-11-30-24(19)31-14-17/h2,5-10,12,14,22H,3-4,11,13,15H2,1H3,(H,30,31)(H,32,34)(H,33,35)/t22-/m0/s1. The molecule has 1 atom stereocenters. The van der Waals surface area contributed by atoms with E-state index in [2.05, 4.69) is 27.0 Å². The Hall–Kier alpha value is -3.62. The van der Waals surface area contributed by atoms with Gasteiger partial charge < -0.3 is 20.7 Å². The highest BCUT2D eigenvalue weighted by Gasteiger charge is 2.25.